The molecule has 0 radical (unpaired) electrons. The summed E-state index contributed by atoms with van der Waals surface area (Å²) >= 11 is 0. The molecule has 1 fully saturated rings. The zero-order chi connectivity index (χ0) is 14.4. The number of benzene rings is 1. The molecule has 0 bridgehead atoms. The maximum atomic E-state index is 11.7. The van der Waals surface area contributed by atoms with E-state index >= 15 is 0 Å². The predicted molar refractivity (Wildman–Crippen MR) is 72.6 cm³/mol. The van der Waals surface area contributed by atoms with Crippen LogP contribution in [0.5, 0.6) is 0 Å². The van der Waals surface area contributed by atoms with E-state index in [1.807, 2.05) is 6.07 Å². The van der Waals surface area contributed by atoms with Gasteiger partial charge in [-0.2, -0.15) is 0 Å². The van der Waals surface area contributed by atoms with Crippen molar-refractivity contribution in [3.05, 3.63) is 35.9 Å². The Morgan fingerprint density at radius 1 is 1.35 bits per heavy atom. The highest BCUT2D eigenvalue weighted by Crippen LogP contribution is 2.14. The number of aliphatic carboxylic acids is 1. The molecule has 1 aliphatic heterocycles. The highest BCUT2D eigenvalue weighted by Gasteiger charge is 2.22. The van der Waals surface area contributed by atoms with Crippen LogP contribution in [0, 0.1) is 0 Å². The first-order valence-corrected chi connectivity index (χ1v) is 6.56. The van der Waals surface area contributed by atoms with Gasteiger partial charge in [0.1, 0.15) is 0 Å². The third kappa shape index (κ3) is 3.96. The Hall–Kier alpha value is -2.08. The number of hydrogen-bond acceptors (Lipinski definition) is 3. The van der Waals surface area contributed by atoms with Gasteiger partial charge in [0.05, 0.1) is 18.6 Å². The van der Waals surface area contributed by atoms with E-state index in [2.05, 4.69) is 10.6 Å². The zero-order valence-electron chi connectivity index (χ0n) is 11.0. The van der Waals surface area contributed by atoms with Crippen molar-refractivity contribution < 1.29 is 19.4 Å². The number of nitrogens with one attached hydrogen (secondary N) is 2. The molecule has 2 atom stereocenters. The minimum Gasteiger partial charge on any atom is -0.481 e. The molecule has 0 saturated carbocycles. The van der Waals surface area contributed by atoms with Gasteiger partial charge in [0.25, 0.3) is 0 Å². The number of carbonyl (C=O) groups excluding carboxylic acids is 1. The van der Waals surface area contributed by atoms with Gasteiger partial charge in [-0.3, -0.25) is 4.79 Å². The average molecular weight is 278 g/mol. The van der Waals surface area contributed by atoms with Gasteiger partial charge in [-0.15, -0.1) is 0 Å². The summed E-state index contributed by atoms with van der Waals surface area (Å²) in [5, 5.41) is 14.6. The van der Waals surface area contributed by atoms with E-state index in [4.69, 9.17) is 4.74 Å². The van der Waals surface area contributed by atoms with Crippen molar-refractivity contribution in [2.24, 2.45) is 0 Å². The molecule has 108 valence electrons. The van der Waals surface area contributed by atoms with Crippen LogP contribution in [-0.4, -0.2) is 42.9 Å². The van der Waals surface area contributed by atoms with Crippen molar-refractivity contribution >= 4 is 12.0 Å². The van der Waals surface area contributed by atoms with E-state index in [1.54, 1.807) is 24.3 Å². The Kier molecular flexibility index (Phi) is 4.95. The summed E-state index contributed by atoms with van der Waals surface area (Å²) in [6, 6.07) is 8.51. The van der Waals surface area contributed by atoms with Crippen LogP contribution in [0.3, 0.4) is 0 Å². The monoisotopic (exact) mass is 278 g/mol. The lowest BCUT2D eigenvalue weighted by Gasteiger charge is -2.16. The molecular formula is C14H18N2O4. The van der Waals surface area contributed by atoms with E-state index in [1.165, 1.54) is 0 Å². The van der Waals surface area contributed by atoms with E-state index in [0.717, 1.165) is 6.42 Å². The molecule has 0 spiro atoms. The lowest BCUT2D eigenvalue weighted by molar-refractivity contribution is -0.138. The third-order valence-electron chi connectivity index (χ3n) is 3.23. The average Bonchev–Trinajstić information content (AvgIpc) is 2.92. The van der Waals surface area contributed by atoms with Crippen LogP contribution in [0.4, 0.5) is 4.79 Å². The number of amides is 2. The SMILES string of the molecule is O=C(NCC(C(=O)O)c1ccccc1)NC1CCOC1. The molecule has 0 aromatic heterocycles. The van der Waals surface area contributed by atoms with Crippen LogP contribution in [0.15, 0.2) is 30.3 Å². The normalized spacial score (nSPS) is 19.3. The highest BCUT2D eigenvalue weighted by atomic mass is 16.5. The first-order valence-electron chi connectivity index (χ1n) is 6.56. The van der Waals surface area contributed by atoms with Crippen molar-refractivity contribution in [1.29, 1.82) is 0 Å². The molecule has 1 aromatic rings. The van der Waals surface area contributed by atoms with Crippen LogP contribution in [0.25, 0.3) is 0 Å². The van der Waals surface area contributed by atoms with Gasteiger partial charge in [0.2, 0.25) is 0 Å². The molecule has 2 rings (SSSR count). The molecule has 6 heteroatoms. The summed E-state index contributed by atoms with van der Waals surface area (Å²) in [6.45, 7) is 1.21. The molecular weight excluding hydrogens is 260 g/mol. The second-order valence-corrected chi connectivity index (χ2v) is 4.72. The molecule has 1 heterocycles. The summed E-state index contributed by atoms with van der Waals surface area (Å²) in [7, 11) is 0. The smallest absolute Gasteiger partial charge is 0.315 e. The fraction of sp³-hybridized carbons (Fsp3) is 0.429. The Bertz CT molecular complexity index is 458. The van der Waals surface area contributed by atoms with Crippen molar-refractivity contribution in [3.63, 3.8) is 0 Å². The van der Waals surface area contributed by atoms with Gasteiger partial charge in [-0.1, -0.05) is 30.3 Å². The van der Waals surface area contributed by atoms with Crippen LogP contribution in [-0.2, 0) is 9.53 Å². The molecule has 0 aliphatic carbocycles. The van der Waals surface area contributed by atoms with Gasteiger partial charge < -0.3 is 20.5 Å². The largest absolute Gasteiger partial charge is 0.481 e. The number of carbonyl (C=O) groups is 2. The second-order valence-electron chi connectivity index (χ2n) is 4.72. The fourth-order valence-corrected chi connectivity index (χ4v) is 2.11. The third-order valence-corrected chi connectivity index (χ3v) is 3.23. The molecule has 2 unspecified atom stereocenters. The summed E-state index contributed by atoms with van der Waals surface area (Å²) in [5.41, 5.74) is 0.671. The number of carboxylic acids is 1. The Labute approximate surface area is 117 Å². The molecule has 6 nitrogen and oxygen atoms in total. The predicted octanol–water partition coefficient (Wildman–Crippen LogP) is 0.943. The van der Waals surface area contributed by atoms with Gasteiger partial charge >= 0.3 is 12.0 Å². The summed E-state index contributed by atoms with van der Waals surface area (Å²) in [5.74, 6) is -1.71. The number of hydrogen-bond donors (Lipinski definition) is 3. The Balaban J connectivity index is 1.86. The summed E-state index contributed by atoms with van der Waals surface area (Å²) in [6.07, 6.45) is 0.786. The molecule has 3 N–H and O–H groups in total. The molecule has 2 amide bonds. The Morgan fingerprint density at radius 3 is 2.70 bits per heavy atom. The first-order chi connectivity index (χ1) is 9.66. The van der Waals surface area contributed by atoms with Crippen LogP contribution >= 0.6 is 0 Å². The van der Waals surface area contributed by atoms with Gasteiger partial charge in [0, 0.05) is 13.2 Å². The van der Waals surface area contributed by atoms with E-state index in [9.17, 15) is 14.7 Å². The topological polar surface area (TPSA) is 87.7 Å². The quantitative estimate of drug-likeness (QED) is 0.748. The van der Waals surface area contributed by atoms with E-state index in [0.29, 0.717) is 18.8 Å². The van der Waals surface area contributed by atoms with Crippen molar-refractivity contribution in [2.75, 3.05) is 19.8 Å². The summed E-state index contributed by atoms with van der Waals surface area (Å²) in [4.78, 5) is 23.0. The van der Waals surface area contributed by atoms with E-state index < -0.39 is 11.9 Å². The molecule has 1 aliphatic rings. The number of ether oxygens (including phenoxy) is 1. The number of rotatable bonds is 5. The van der Waals surface area contributed by atoms with Gasteiger partial charge in [-0.25, -0.2) is 4.79 Å². The number of carboxylic acid groups (broad SMARTS) is 1. The van der Waals surface area contributed by atoms with Crippen LogP contribution < -0.4 is 10.6 Å². The highest BCUT2D eigenvalue weighted by molar-refractivity contribution is 5.79. The van der Waals surface area contributed by atoms with E-state index in [-0.39, 0.29) is 18.6 Å². The molecule has 1 saturated heterocycles. The molecule has 20 heavy (non-hydrogen) atoms. The van der Waals surface area contributed by atoms with Crippen molar-refractivity contribution in [1.82, 2.24) is 10.6 Å². The molecule has 1 aromatic carbocycles. The standard InChI is InChI=1S/C14H18N2O4/c17-13(18)12(10-4-2-1-3-5-10)8-15-14(19)16-11-6-7-20-9-11/h1-5,11-12H,6-9H2,(H,17,18)(H2,15,16,19). The zero-order valence-corrected chi connectivity index (χ0v) is 11.0. The van der Waals surface area contributed by atoms with Crippen molar-refractivity contribution in [3.8, 4) is 0 Å². The van der Waals surface area contributed by atoms with Crippen LogP contribution in [0.2, 0.25) is 0 Å². The second kappa shape index (κ2) is 6.91. The lowest BCUT2D eigenvalue weighted by Crippen LogP contribution is -2.44. The van der Waals surface area contributed by atoms with Crippen molar-refractivity contribution in [2.45, 2.75) is 18.4 Å². The first kappa shape index (κ1) is 14.3. The summed E-state index contributed by atoms with van der Waals surface area (Å²) < 4.78 is 5.15. The maximum absolute atomic E-state index is 11.7. The minimum atomic E-state index is -0.958. The lowest BCUT2D eigenvalue weighted by atomic mass is 9.99. The number of urea groups is 1. The maximum Gasteiger partial charge on any atom is 0.315 e. The van der Waals surface area contributed by atoms with Gasteiger partial charge in [-0.05, 0) is 12.0 Å². The minimum absolute atomic E-state index is 0.00926. The Morgan fingerprint density at radius 2 is 2.10 bits per heavy atom. The fourth-order valence-electron chi connectivity index (χ4n) is 2.11. The van der Waals surface area contributed by atoms with Gasteiger partial charge in [0.15, 0.2) is 0 Å². The van der Waals surface area contributed by atoms with Crippen LogP contribution in [0.1, 0.15) is 17.9 Å².